The maximum absolute atomic E-state index is 5.69. The largest absolute Gasteiger partial charge is 0.490 e. The molecule has 1 aromatic heterocycles. The third-order valence-electron chi connectivity index (χ3n) is 3.92. The highest BCUT2D eigenvalue weighted by Crippen LogP contribution is 2.28. The number of nitrogens with one attached hydrogen (secondary N) is 2. The zero-order valence-corrected chi connectivity index (χ0v) is 19.6. The molecule has 2 aromatic rings. The van der Waals surface area contributed by atoms with Crippen LogP contribution in [0, 0.1) is 6.92 Å². The molecule has 0 saturated carbocycles. The second-order valence-electron chi connectivity index (χ2n) is 5.78. The molecule has 2 N–H and O–H groups in total. The van der Waals surface area contributed by atoms with Crippen LogP contribution in [0.3, 0.4) is 0 Å². The highest BCUT2D eigenvalue weighted by molar-refractivity contribution is 14.0. The van der Waals surface area contributed by atoms with E-state index < -0.39 is 0 Å². The maximum Gasteiger partial charge on any atom is 0.191 e. The normalized spacial score (nSPS) is 10.9. The Morgan fingerprint density at radius 1 is 1.07 bits per heavy atom. The van der Waals surface area contributed by atoms with Gasteiger partial charge < -0.3 is 20.1 Å². The van der Waals surface area contributed by atoms with E-state index in [0.717, 1.165) is 37.0 Å². The van der Waals surface area contributed by atoms with Crippen molar-refractivity contribution >= 4 is 41.3 Å². The van der Waals surface area contributed by atoms with Crippen molar-refractivity contribution in [3.63, 3.8) is 0 Å². The molecule has 0 aliphatic rings. The lowest BCUT2D eigenvalue weighted by Gasteiger charge is -2.14. The van der Waals surface area contributed by atoms with E-state index in [0.29, 0.717) is 13.2 Å². The van der Waals surface area contributed by atoms with E-state index in [1.165, 1.54) is 16.0 Å². The summed E-state index contributed by atoms with van der Waals surface area (Å²) in [5.74, 6) is 2.42. The number of aryl methyl sites for hydroxylation is 1. The number of aliphatic imine (C=N–C) groups is 1. The van der Waals surface area contributed by atoms with Crippen molar-refractivity contribution in [1.82, 2.24) is 10.6 Å². The van der Waals surface area contributed by atoms with Crippen LogP contribution in [-0.2, 0) is 13.0 Å². The summed E-state index contributed by atoms with van der Waals surface area (Å²) in [7, 11) is 1.79. The molecule has 0 amide bonds. The number of thiophene rings is 1. The summed E-state index contributed by atoms with van der Waals surface area (Å²) in [6.07, 6.45) is 0.880. The second-order valence-corrected chi connectivity index (χ2v) is 6.78. The fourth-order valence-electron chi connectivity index (χ4n) is 2.55. The number of nitrogens with zero attached hydrogens (tertiary/aromatic N) is 1. The molecule has 0 bridgehead atoms. The molecule has 0 fully saturated rings. The van der Waals surface area contributed by atoms with E-state index >= 15 is 0 Å². The van der Waals surface area contributed by atoms with E-state index in [4.69, 9.17) is 9.47 Å². The molecule has 0 unspecified atom stereocenters. The number of hydrogen-bond acceptors (Lipinski definition) is 4. The molecule has 0 spiro atoms. The van der Waals surface area contributed by atoms with Gasteiger partial charge in [0.05, 0.1) is 19.8 Å². The van der Waals surface area contributed by atoms with E-state index in [1.807, 2.05) is 19.9 Å². The molecule has 2 rings (SSSR count). The Hall–Kier alpha value is -1.48. The van der Waals surface area contributed by atoms with Crippen LogP contribution in [0.25, 0.3) is 0 Å². The summed E-state index contributed by atoms with van der Waals surface area (Å²) in [5.41, 5.74) is 2.52. The predicted octanol–water partition coefficient (Wildman–Crippen LogP) is 4.38. The van der Waals surface area contributed by atoms with Crippen LogP contribution in [0.1, 0.15) is 29.9 Å². The van der Waals surface area contributed by atoms with Gasteiger partial charge in [-0.25, -0.2) is 0 Å². The predicted molar refractivity (Wildman–Crippen MR) is 125 cm³/mol. The molecule has 150 valence electrons. The number of rotatable bonds is 9. The average Bonchev–Trinajstić information content (AvgIpc) is 3.05. The minimum absolute atomic E-state index is 0. The fraction of sp³-hybridized carbons (Fsp3) is 0.450. The van der Waals surface area contributed by atoms with Gasteiger partial charge in [0.1, 0.15) is 0 Å². The SMILES string of the molecule is CCOc1ccc(CCNC(=NC)NCc2sccc2C)cc1OCC.I. The van der Waals surface area contributed by atoms with Gasteiger partial charge in [0, 0.05) is 18.5 Å². The second kappa shape index (κ2) is 12.8. The number of benzene rings is 1. The van der Waals surface area contributed by atoms with Crippen LogP contribution >= 0.6 is 35.3 Å². The average molecular weight is 503 g/mol. The quantitative estimate of drug-likeness (QED) is 0.303. The minimum atomic E-state index is 0. The summed E-state index contributed by atoms with van der Waals surface area (Å²) in [5, 5.41) is 8.84. The van der Waals surface area contributed by atoms with Crippen molar-refractivity contribution in [3.05, 3.63) is 45.6 Å². The molecule has 0 aliphatic heterocycles. The zero-order valence-electron chi connectivity index (χ0n) is 16.5. The first-order chi connectivity index (χ1) is 12.7. The molecule has 7 heteroatoms. The zero-order chi connectivity index (χ0) is 18.8. The summed E-state index contributed by atoms with van der Waals surface area (Å²) in [6, 6.07) is 8.26. The van der Waals surface area contributed by atoms with Gasteiger partial charge in [0.25, 0.3) is 0 Å². The lowest BCUT2D eigenvalue weighted by Crippen LogP contribution is -2.37. The monoisotopic (exact) mass is 503 g/mol. The third-order valence-corrected chi connectivity index (χ3v) is 4.95. The summed E-state index contributed by atoms with van der Waals surface area (Å²) in [6.45, 7) is 8.93. The topological polar surface area (TPSA) is 54.9 Å². The van der Waals surface area contributed by atoms with Crippen molar-refractivity contribution < 1.29 is 9.47 Å². The first-order valence-electron chi connectivity index (χ1n) is 9.03. The van der Waals surface area contributed by atoms with Crippen molar-refractivity contribution in [2.24, 2.45) is 4.99 Å². The molecule has 0 saturated heterocycles. The van der Waals surface area contributed by atoms with Gasteiger partial charge in [0.2, 0.25) is 0 Å². The van der Waals surface area contributed by atoms with Crippen LogP contribution in [-0.4, -0.2) is 32.8 Å². The Balaban J connectivity index is 0.00000364. The fourth-order valence-corrected chi connectivity index (χ4v) is 3.39. The van der Waals surface area contributed by atoms with Crippen molar-refractivity contribution in [2.75, 3.05) is 26.8 Å². The molecule has 0 aliphatic carbocycles. The van der Waals surface area contributed by atoms with E-state index in [-0.39, 0.29) is 24.0 Å². The summed E-state index contributed by atoms with van der Waals surface area (Å²) < 4.78 is 11.3. The smallest absolute Gasteiger partial charge is 0.191 e. The summed E-state index contributed by atoms with van der Waals surface area (Å²) >= 11 is 1.76. The Bertz CT molecular complexity index is 719. The van der Waals surface area contributed by atoms with Crippen molar-refractivity contribution in [3.8, 4) is 11.5 Å². The Morgan fingerprint density at radius 3 is 2.44 bits per heavy atom. The van der Waals surface area contributed by atoms with Gasteiger partial charge >= 0.3 is 0 Å². The van der Waals surface area contributed by atoms with Gasteiger partial charge in [-0.05, 0) is 61.9 Å². The number of hydrogen-bond donors (Lipinski definition) is 2. The van der Waals surface area contributed by atoms with Gasteiger partial charge in [-0.2, -0.15) is 0 Å². The Kier molecular flexibility index (Phi) is 11.2. The molecule has 1 heterocycles. The van der Waals surface area contributed by atoms with E-state index in [1.54, 1.807) is 18.4 Å². The molecular formula is C20H30IN3O2S. The van der Waals surface area contributed by atoms with Gasteiger partial charge in [-0.3, -0.25) is 4.99 Å². The number of ether oxygens (including phenoxy) is 2. The highest BCUT2D eigenvalue weighted by atomic mass is 127. The number of guanidine groups is 1. The molecule has 27 heavy (non-hydrogen) atoms. The first-order valence-corrected chi connectivity index (χ1v) is 9.91. The molecule has 0 atom stereocenters. The Labute approximate surface area is 183 Å². The number of halogens is 1. The van der Waals surface area contributed by atoms with Crippen molar-refractivity contribution in [2.45, 2.75) is 33.7 Å². The lowest BCUT2D eigenvalue weighted by atomic mass is 10.1. The first kappa shape index (κ1) is 23.6. The van der Waals surface area contributed by atoms with Crippen molar-refractivity contribution in [1.29, 1.82) is 0 Å². The van der Waals surface area contributed by atoms with Crippen LogP contribution in [0.2, 0.25) is 0 Å². The standard InChI is InChI=1S/C20H29N3O2S.HI/c1-5-24-17-8-7-16(13-18(17)25-6-2)9-11-22-20(21-4)23-14-19-15(3)10-12-26-19;/h7-8,10,12-13H,5-6,9,11,14H2,1-4H3,(H2,21,22,23);1H. The lowest BCUT2D eigenvalue weighted by molar-refractivity contribution is 0.287. The van der Waals surface area contributed by atoms with Gasteiger partial charge in [0.15, 0.2) is 17.5 Å². The third kappa shape index (κ3) is 7.57. The molecular weight excluding hydrogens is 473 g/mol. The molecule has 1 aromatic carbocycles. The van der Waals surface area contributed by atoms with Gasteiger partial charge in [-0.1, -0.05) is 6.07 Å². The maximum atomic E-state index is 5.69. The minimum Gasteiger partial charge on any atom is -0.490 e. The van der Waals surface area contributed by atoms with Crippen LogP contribution in [0.5, 0.6) is 11.5 Å². The molecule has 0 radical (unpaired) electrons. The van der Waals surface area contributed by atoms with Crippen LogP contribution in [0.15, 0.2) is 34.6 Å². The van der Waals surface area contributed by atoms with Crippen LogP contribution < -0.4 is 20.1 Å². The van der Waals surface area contributed by atoms with E-state index in [2.05, 4.69) is 46.1 Å². The highest BCUT2D eigenvalue weighted by Gasteiger charge is 2.07. The Morgan fingerprint density at radius 2 is 1.81 bits per heavy atom. The van der Waals surface area contributed by atoms with Gasteiger partial charge in [-0.15, -0.1) is 35.3 Å². The van der Waals surface area contributed by atoms with Crippen LogP contribution in [0.4, 0.5) is 0 Å². The van der Waals surface area contributed by atoms with E-state index in [9.17, 15) is 0 Å². The summed E-state index contributed by atoms with van der Waals surface area (Å²) in [4.78, 5) is 5.62. The molecule has 5 nitrogen and oxygen atoms in total.